The molecule has 2 aromatic heterocycles. The van der Waals surface area contributed by atoms with E-state index in [1.165, 1.54) is 6.33 Å². The normalized spacial score (nSPS) is 17.3. The Bertz CT molecular complexity index is 677. The van der Waals surface area contributed by atoms with Crippen molar-refractivity contribution in [1.82, 2.24) is 15.0 Å². The first kappa shape index (κ1) is 15.8. The molecular weight excluding hydrogens is 312 g/mol. The first-order valence-corrected chi connectivity index (χ1v) is 8.16. The Morgan fingerprint density at radius 3 is 3.00 bits per heavy atom. The summed E-state index contributed by atoms with van der Waals surface area (Å²) in [6.45, 7) is 4.82. The van der Waals surface area contributed by atoms with E-state index in [9.17, 15) is 0 Å². The zero-order valence-corrected chi connectivity index (χ0v) is 14.1. The lowest BCUT2D eigenvalue weighted by Crippen LogP contribution is -2.24. The van der Waals surface area contributed by atoms with Crippen LogP contribution < -0.4 is 15.5 Å². The van der Waals surface area contributed by atoms with Crippen molar-refractivity contribution in [2.24, 2.45) is 5.92 Å². The predicted octanol–water partition coefficient (Wildman–Crippen LogP) is 2.81. The van der Waals surface area contributed by atoms with E-state index in [4.69, 9.17) is 11.6 Å². The molecule has 6 nitrogen and oxygen atoms in total. The lowest BCUT2D eigenvalue weighted by Gasteiger charge is -2.21. The maximum atomic E-state index is 6.14. The monoisotopic (exact) mass is 332 g/mol. The summed E-state index contributed by atoms with van der Waals surface area (Å²) in [6, 6.07) is 6.03. The highest BCUT2D eigenvalue weighted by Crippen LogP contribution is 2.32. The Morgan fingerprint density at radius 1 is 1.35 bits per heavy atom. The Balaban J connectivity index is 1.62. The van der Waals surface area contributed by atoms with Crippen molar-refractivity contribution in [2.45, 2.75) is 13.3 Å². The van der Waals surface area contributed by atoms with Gasteiger partial charge < -0.3 is 15.5 Å². The SMILES string of the molecule is CNc1c(Cl)ncnc1N1CCC(CNc2cccc(C)n2)C1. The number of pyridine rings is 1. The summed E-state index contributed by atoms with van der Waals surface area (Å²) in [5, 5.41) is 6.98. The van der Waals surface area contributed by atoms with Crippen molar-refractivity contribution in [3.05, 3.63) is 35.4 Å². The highest BCUT2D eigenvalue weighted by Gasteiger charge is 2.26. The Morgan fingerprint density at radius 2 is 2.22 bits per heavy atom. The molecule has 0 aromatic carbocycles. The van der Waals surface area contributed by atoms with Crippen LogP contribution in [0.2, 0.25) is 5.15 Å². The van der Waals surface area contributed by atoms with Gasteiger partial charge >= 0.3 is 0 Å². The summed E-state index contributed by atoms with van der Waals surface area (Å²) in [4.78, 5) is 15.2. The second-order valence-electron chi connectivity index (χ2n) is 5.76. The van der Waals surface area contributed by atoms with Gasteiger partial charge in [0.05, 0.1) is 0 Å². The van der Waals surface area contributed by atoms with Gasteiger partial charge in [-0.05, 0) is 31.4 Å². The molecule has 2 N–H and O–H groups in total. The molecular formula is C16H21ClN6. The highest BCUT2D eigenvalue weighted by atomic mass is 35.5. The van der Waals surface area contributed by atoms with Crippen molar-refractivity contribution in [3.63, 3.8) is 0 Å². The van der Waals surface area contributed by atoms with Gasteiger partial charge in [-0.1, -0.05) is 17.7 Å². The van der Waals surface area contributed by atoms with Gasteiger partial charge in [0.1, 0.15) is 17.8 Å². The quantitative estimate of drug-likeness (QED) is 0.821. The second-order valence-corrected chi connectivity index (χ2v) is 6.12. The number of halogens is 1. The molecule has 23 heavy (non-hydrogen) atoms. The summed E-state index contributed by atoms with van der Waals surface area (Å²) in [6.07, 6.45) is 2.63. The Hall–Kier alpha value is -2.08. The lowest BCUT2D eigenvalue weighted by molar-refractivity contribution is 0.620. The van der Waals surface area contributed by atoms with Gasteiger partial charge in [-0.25, -0.2) is 15.0 Å². The molecule has 2 aromatic rings. The first-order valence-electron chi connectivity index (χ1n) is 7.78. The van der Waals surface area contributed by atoms with E-state index in [0.717, 1.165) is 49.1 Å². The third-order valence-electron chi connectivity index (χ3n) is 4.08. The topological polar surface area (TPSA) is 66.0 Å². The number of hydrogen-bond donors (Lipinski definition) is 2. The van der Waals surface area contributed by atoms with Crippen LogP contribution in [-0.4, -0.2) is 41.6 Å². The molecule has 1 unspecified atom stereocenters. The van der Waals surface area contributed by atoms with E-state index in [2.05, 4.69) is 30.5 Å². The van der Waals surface area contributed by atoms with Gasteiger partial charge in [-0.3, -0.25) is 0 Å². The van der Waals surface area contributed by atoms with Crippen LogP contribution in [-0.2, 0) is 0 Å². The van der Waals surface area contributed by atoms with Crippen LogP contribution in [0, 0.1) is 12.8 Å². The fraction of sp³-hybridized carbons (Fsp3) is 0.438. The molecule has 0 amide bonds. The molecule has 3 rings (SSSR count). The van der Waals surface area contributed by atoms with Gasteiger partial charge in [0.25, 0.3) is 0 Å². The average molecular weight is 333 g/mol. The van der Waals surface area contributed by atoms with Crippen molar-refractivity contribution in [3.8, 4) is 0 Å². The number of nitrogens with zero attached hydrogens (tertiary/aromatic N) is 4. The molecule has 0 bridgehead atoms. The van der Waals surface area contributed by atoms with Crippen molar-refractivity contribution < 1.29 is 0 Å². The summed E-state index contributed by atoms with van der Waals surface area (Å²) in [5.74, 6) is 2.36. The van der Waals surface area contributed by atoms with Gasteiger partial charge in [0, 0.05) is 32.4 Å². The average Bonchev–Trinajstić information content (AvgIpc) is 3.01. The Labute approximate surface area is 141 Å². The van der Waals surface area contributed by atoms with Gasteiger partial charge in [-0.15, -0.1) is 0 Å². The minimum Gasteiger partial charge on any atom is -0.383 e. The van der Waals surface area contributed by atoms with Crippen molar-refractivity contribution in [2.75, 3.05) is 42.2 Å². The third kappa shape index (κ3) is 3.64. The van der Waals surface area contributed by atoms with E-state index < -0.39 is 0 Å². The third-order valence-corrected chi connectivity index (χ3v) is 4.36. The van der Waals surface area contributed by atoms with E-state index in [1.54, 1.807) is 0 Å². The summed E-state index contributed by atoms with van der Waals surface area (Å²) >= 11 is 6.14. The van der Waals surface area contributed by atoms with Crippen LogP contribution in [0.3, 0.4) is 0 Å². The van der Waals surface area contributed by atoms with E-state index in [0.29, 0.717) is 11.1 Å². The molecule has 7 heteroatoms. The maximum absolute atomic E-state index is 6.14. The smallest absolute Gasteiger partial charge is 0.157 e. The van der Waals surface area contributed by atoms with Crippen LogP contribution in [0.25, 0.3) is 0 Å². The zero-order valence-electron chi connectivity index (χ0n) is 13.4. The van der Waals surface area contributed by atoms with E-state index in [-0.39, 0.29) is 0 Å². The molecule has 0 saturated carbocycles. The summed E-state index contributed by atoms with van der Waals surface area (Å²) in [5.41, 5.74) is 1.82. The zero-order chi connectivity index (χ0) is 16.2. The molecule has 1 atom stereocenters. The standard InChI is InChI=1S/C16H21ClN6/c1-11-4-3-5-13(22-11)19-8-12-6-7-23(9-12)16-14(18-2)15(17)20-10-21-16/h3-5,10,12,18H,6-9H2,1-2H3,(H,19,22). The lowest BCUT2D eigenvalue weighted by atomic mass is 10.1. The molecule has 1 fully saturated rings. The number of nitrogens with one attached hydrogen (secondary N) is 2. The summed E-state index contributed by atoms with van der Waals surface area (Å²) < 4.78 is 0. The highest BCUT2D eigenvalue weighted by molar-refractivity contribution is 6.32. The number of aryl methyl sites for hydroxylation is 1. The molecule has 1 aliphatic heterocycles. The molecule has 122 valence electrons. The minimum absolute atomic E-state index is 0.461. The van der Waals surface area contributed by atoms with Gasteiger partial charge in [-0.2, -0.15) is 0 Å². The molecule has 0 spiro atoms. The van der Waals surface area contributed by atoms with Crippen LogP contribution in [0.1, 0.15) is 12.1 Å². The largest absolute Gasteiger partial charge is 0.383 e. The van der Waals surface area contributed by atoms with Crippen LogP contribution in [0.15, 0.2) is 24.5 Å². The number of aromatic nitrogens is 3. The number of rotatable bonds is 5. The van der Waals surface area contributed by atoms with E-state index in [1.807, 2.05) is 32.2 Å². The van der Waals surface area contributed by atoms with Crippen LogP contribution >= 0.6 is 11.6 Å². The van der Waals surface area contributed by atoms with E-state index >= 15 is 0 Å². The van der Waals surface area contributed by atoms with Crippen molar-refractivity contribution >= 4 is 28.9 Å². The maximum Gasteiger partial charge on any atom is 0.157 e. The second kappa shape index (κ2) is 7.00. The molecule has 3 heterocycles. The van der Waals surface area contributed by atoms with Crippen molar-refractivity contribution in [1.29, 1.82) is 0 Å². The molecule has 0 aliphatic carbocycles. The first-order chi connectivity index (χ1) is 11.2. The minimum atomic E-state index is 0.461. The predicted molar refractivity (Wildman–Crippen MR) is 94.4 cm³/mol. The number of hydrogen-bond acceptors (Lipinski definition) is 6. The molecule has 1 saturated heterocycles. The van der Waals surface area contributed by atoms with Gasteiger partial charge in [0.15, 0.2) is 11.0 Å². The fourth-order valence-electron chi connectivity index (χ4n) is 2.89. The Kier molecular flexibility index (Phi) is 4.81. The number of anilines is 3. The molecule has 1 aliphatic rings. The summed E-state index contributed by atoms with van der Waals surface area (Å²) in [7, 11) is 1.84. The van der Waals surface area contributed by atoms with Crippen LogP contribution in [0.4, 0.5) is 17.3 Å². The van der Waals surface area contributed by atoms with Crippen LogP contribution in [0.5, 0.6) is 0 Å². The fourth-order valence-corrected chi connectivity index (χ4v) is 3.12. The molecule has 0 radical (unpaired) electrons. The van der Waals surface area contributed by atoms with Gasteiger partial charge in [0.2, 0.25) is 0 Å².